The summed E-state index contributed by atoms with van der Waals surface area (Å²) in [6, 6.07) is 8.81. The number of amides is 1. The lowest BCUT2D eigenvalue weighted by molar-refractivity contribution is -0.120. The quantitative estimate of drug-likeness (QED) is 0.496. The summed E-state index contributed by atoms with van der Waals surface area (Å²) >= 11 is 0. The van der Waals surface area contributed by atoms with Crippen molar-refractivity contribution in [1.82, 2.24) is 10.3 Å². The van der Waals surface area contributed by atoms with E-state index in [1.807, 2.05) is 18.2 Å². The average molecular weight is 289 g/mol. The number of hydrogen-bond acceptors (Lipinski definition) is 3. The molecule has 3 N–H and O–H groups in total. The monoisotopic (exact) mass is 289 g/mol. The van der Waals surface area contributed by atoms with Crippen LogP contribution < -0.4 is 11.3 Å². The fourth-order valence-corrected chi connectivity index (χ4v) is 3.19. The predicted molar refractivity (Wildman–Crippen MR) is 85.4 cm³/mol. The number of nitrogens with two attached hydrogens (primary N) is 1. The Morgan fingerprint density at radius 3 is 2.48 bits per heavy atom. The van der Waals surface area contributed by atoms with Crippen molar-refractivity contribution in [3.05, 3.63) is 35.4 Å². The predicted octanol–water partition coefficient (Wildman–Crippen LogP) is 2.23. The third-order valence-corrected chi connectivity index (χ3v) is 4.66. The van der Waals surface area contributed by atoms with Crippen molar-refractivity contribution in [3.8, 4) is 0 Å². The molecule has 0 aromatic heterocycles. The Bertz CT molecular complexity index is 467. The van der Waals surface area contributed by atoms with Gasteiger partial charge in [-0.1, -0.05) is 31.2 Å². The zero-order valence-corrected chi connectivity index (χ0v) is 13.1. The van der Waals surface area contributed by atoms with Gasteiger partial charge < -0.3 is 0 Å². The molecule has 1 amide bonds. The van der Waals surface area contributed by atoms with Crippen LogP contribution in [0.25, 0.3) is 0 Å². The molecule has 1 fully saturated rings. The minimum absolute atomic E-state index is 0.142. The number of carbonyl (C=O) groups is 1. The van der Waals surface area contributed by atoms with Gasteiger partial charge in [0, 0.05) is 12.6 Å². The van der Waals surface area contributed by atoms with E-state index in [1.165, 1.54) is 31.2 Å². The number of nitrogens with one attached hydrogen (secondary N) is 1. The van der Waals surface area contributed by atoms with Gasteiger partial charge in [0.15, 0.2) is 0 Å². The van der Waals surface area contributed by atoms with Crippen LogP contribution in [0.15, 0.2) is 24.3 Å². The molecule has 0 spiro atoms. The Balaban J connectivity index is 2.00. The first-order valence-corrected chi connectivity index (χ1v) is 7.86. The highest BCUT2D eigenvalue weighted by Crippen LogP contribution is 2.27. The van der Waals surface area contributed by atoms with Crippen molar-refractivity contribution in [2.45, 2.75) is 51.6 Å². The van der Waals surface area contributed by atoms with E-state index in [0.717, 1.165) is 18.0 Å². The van der Waals surface area contributed by atoms with Gasteiger partial charge in [0.2, 0.25) is 5.91 Å². The lowest BCUT2D eigenvalue weighted by Crippen LogP contribution is -2.35. The third kappa shape index (κ3) is 4.55. The first-order valence-electron chi connectivity index (χ1n) is 7.86. The number of nitrogens with zero attached hydrogens (tertiary/aromatic N) is 1. The van der Waals surface area contributed by atoms with E-state index in [1.54, 1.807) is 0 Å². The zero-order chi connectivity index (χ0) is 15.2. The maximum absolute atomic E-state index is 11.5. The summed E-state index contributed by atoms with van der Waals surface area (Å²) in [5, 5.41) is 0. The molecule has 1 saturated carbocycles. The fourth-order valence-electron chi connectivity index (χ4n) is 3.19. The van der Waals surface area contributed by atoms with E-state index in [0.29, 0.717) is 12.5 Å². The smallest absolute Gasteiger partial charge is 0.238 e. The number of benzene rings is 1. The maximum atomic E-state index is 11.5. The van der Waals surface area contributed by atoms with E-state index in [9.17, 15) is 4.79 Å². The average Bonchev–Trinajstić information content (AvgIpc) is 2.49. The van der Waals surface area contributed by atoms with Gasteiger partial charge in [0.1, 0.15) is 0 Å². The van der Waals surface area contributed by atoms with Crippen molar-refractivity contribution < 1.29 is 4.79 Å². The standard InChI is InChI=1S/C17H27N3O/c1-13-7-9-16(10-8-13)20(2)12-15-6-4-3-5-14(15)11-17(21)19-18/h3-6,13,16H,7-12,18H2,1-2H3,(H,19,21). The van der Waals surface area contributed by atoms with Crippen LogP contribution in [-0.2, 0) is 17.8 Å². The molecule has 0 radical (unpaired) electrons. The van der Waals surface area contributed by atoms with Gasteiger partial charge in [-0.3, -0.25) is 15.1 Å². The second kappa shape index (κ2) is 7.57. The molecule has 21 heavy (non-hydrogen) atoms. The number of carbonyl (C=O) groups excluding carboxylic acids is 1. The maximum Gasteiger partial charge on any atom is 0.238 e. The second-order valence-electron chi connectivity index (χ2n) is 6.34. The summed E-state index contributed by atoms with van der Waals surface area (Å²) in [5.41, 5.74) is 4.50. The lowest BCUT2D eigenvalue weighted by atomic mass is 9.86. The van der Waals surface area contributed by atoms with Gasteiger partial charge in [-0.2, -0.15) is 0 Å². The Labute approximate surface area is 127 Å². The van der Waals surface area contributed by atoms with Crippen molar-refractivity contribution in [3.63, 3.8) is 0 Å². The first kappa shape index (κ1) is 16.0. The van der Waals surface area contributed by atoms with E-state index in [2.05, 4.69) is 30.4 Å². The zero-order valence-electron chi connectivity index (χ0n) is 13.1. The van der Waals surface area contributed by atoms with Crippen LogP contribution in [-0.4, -0.2) is 23.9 Å². The van der Waals surface area contributed by atoms with Crippen LogP contribution in [0.2, 0.25) is 0 Å². The molecule has 0 heterocycles. The lowest BCUT2D eigenvalue weighted by Gasteiger charge is -2.34. The van der Waals surface area contributed by atoms with Gasteiger partial charge in [-0.15, -0.1) is 0 Å². The molecule has 0 aliphatic heterocycles. The van der Waals surface area contributed by atoms with Crippen LogP contribution in [0, 0.1) is 5.92 Å². The largest absolute Gasteiger partial charge is 0.299 e. The molecule has 0 atom stereocenters. The van der Waals surface area contributed by atoms with Crippen LogP contribution in [0.3, 0.4) is 0 Å². The SMILES string of the molecule is CC1CCC(N(C)Cc2ccccc2CC(=O)NN)CC1. The minimum atomic E-state index is -0.142. The molecular formula is C17H27N3O. The van der Waals surface area contributed by atoms with Gasteiger partial charge in [0.25, 0.3) is 0 Å². The summed E-state index contributed by atoms with van der Waals surface area (Å²) in [6.07, 6.45) is 5.56. The highest BCUT2D eigenvalue weighted by atomic mass is 16.2. The van der Waals surface area contributed by atoms with Crippen molar-refractivity contribution >= 4 is 5.91 Å². The van der Waals surface area contributed by atoms with Crippen molar-refractivity contribution in [2.75, 3.05) is 7.05 Å². The van der Waals surface area contributed by atoms with Crippen molar-refractivity contribution in [2.24, 2.45) is 11.8 Å². The van der Waals surface area contributed by atoms with Crippen LogP contribution in [0.4, 0.5) is 0 Å². The first-order chi connectivity index (χ1) is 10.1. The molecule has 1 aromatic rings. The highest BCUT2D eigenvalue weighted by molar-refractivity contribution is 5.78. The summed E-state index contributed by atoms with van der Waals surface area (Å²) in [4.78, 5) is 13.9. The third-order valence-electron chi connectivity index (χ3n) is 4.66. The normalized spacial score (nSPS) is 22.3. The fraction of sp³-hybridized carbons (Fsp3) is 0.588. The summed E-state index contributed by atoms with van der Waals surface area (Å²) < 4.78 is 0. The molecule has 0 unspecified atom stereocenters. The summed E-state index contributed by atoms with van der Waals surface area (Å²) in [7, 11) is 2.19. The molecule has 1 aliphatic carbocycles. The van der Waals surface area contributed by atoms with E-state index < -0.39 is 0 Å². The van der Waals surface area contributed by atoms with Crippen LogP contribution in [0.5, 0.6) is 0 Å². The molecule has 1 aliphatic rings. The number of hydrazine groups is 1. The number of hydrogen-bond donors (Lipinski definition) is 2. The Morgan fingerprint density at radius 2 is 1.86 bits per heavy atom. The summed E-state index contributed by atoms with van der Waals surface area (Å²) in [5.74, 6) is 5.92. The molecule has 2 rings (SSSR count). The molecule has 116 valence electrons. The van der Waals surface area contributed by atoms with Crippen LogP contribution >= 0.6 is 0 Å². The molecule has 0 saturated heterocycles. The van der Waals surface area contributed by atoms with Gasteiger partial charge in [-0.25, -0.2) is 5.84 Å². The molecule has 1 aromatic carbocycles. The Morgan fingerprint density at radius 1 is 1.24 bits per heavy atom. The van der Waals surface area contributed by atoms with Gasteiger partial charge in [0.05, 0.1) is 6.42 Å². The number of rotatable bonds is 5. The van der Waals surface area contributed by atoms with Crippen molar-refractivity contribution in [1.29, 1.82) is 0 Å². The van der Waals surface area contributed by atoms with E-state index in [4.69, 9.17) is 5.84 Å². The summed E-state index contributed by atoms with van der Waals surface area (Å²) in [6.45, 7) is 3.24. The minimum Gasteiger partial charge on any atom is -0.299 e. The van der Waals surface area contributed by atoms with Gasteiger partial charge in [-0.05, 0) is 49.8 Å². The molecule has 4 nitrogen and oxygen atoms in total. The Hall–Kier alpha value is -1.39. The topological polar surface area (TPSA) is 58.4 Å². The molecule has 4 heteroatoms. The van der Waals surface area contributed by atoms with Gasteiger partial charge >= 0.3 is 0 Å². The molecule has 0 bridgehead atoms. The second-order valence-corrected chi connectivity index (χ2v) is 6.34. The Kier molecular flexibility index (Phi) is 5.76. The van der Waals surface area contributed by atoms with E-state index >= 15 is 0 Å². The highest BCUT2D eigenvalue weighted by Gasteiger charge is 2.22. The van der Waals surface area contributed by atoms with E-state index in [-0.39, 0.29) is 5.91 Å². The molecular weight excluding hydrogens is 262 g/mol. The van der Waals surface area contributed by atoms with Crippen LogP contribution in [0.1, 0.15) is 43.7 Å².